The first-order valence-electron chi connectivity index (χ1n) is 10.1. The first kappa shape index (κ1) is 19.5. The first-order valence-corrected chi connectivity index (χ1v) is 10.1. The number of hydrogen-bond donors (Lipinski definition) is 1. The van der Waals surface area contributed by atoms with Gasteiger partial charge in [-0.05, 0) is 41.6 Å². The minimum absolute atomic E-state index is 0.130. The van der Waals surface area contributed by atoms with Crippen LogP contribution in [0.4, 0.5) is 0 Å². The predicted octanol–water partition coefficient (Wildman–Crippen LogP) is 4.82. The van der Waals surface area contributed by atoms with Gasteiger partial charge in [0.15, 0.2) is 0 Å². The molecule has 1 N–H and O–H groups in total. The van der Waals surface area contributed by atoms with E-state index in [0.717, 1.165) is 12.1 Å². The molecule has 1 heterocycles. The van der Waals surface area contributed by atoms with Crippen LogP contribution in [0.25, 0.3) is 0 Å². The minimum Gasteiger partial charge on any atom is -0.384 e. The molecule has 1 saturated heterocycles. The number of aliphatic hydroxyl groups is 1. The fourth-order valence-electron chi connectivity index (χ4n) is 5.48. The number of likely N-dealkylation sites (tertiary alicyclic amines) is 1. The number of benzene rings is 1. The standard InChI is InChI=1S/C24H35NO/c1-19(2)24(26,20-11-7-6-8-12-20)13-9-10-14-25-18-23(5)16-21(25)15-22(3,4)17-23/h6-8,11-12,19,21,26H,13-18H2,1-5H3/t21-,23+,24-/m1/s1. The van der Waals surface area contributed by atoms with Gasteiger partial charge in [-0.25, -0.2) is 0 Å². The molecule has 142 valence electrons. The number of hydrogen-bond acceptors (Lipinski definition) is 2. The van der Waals surface area contributed by atoms with Gasteiger partial charge >= 0.3 is 0 Å². The first-order chi connectivity index (χ1) is 12.1. The summed E-state index contributed by atoms with van der Waals surface area (Å²) in [7, 11) is 0. The second-order valence-corrected chi connectivity index (χ2v) is 10.1. The van der Waals surface area contributed by atoms with Crippen LogP contribution in [0.15, 0.2) is 30.3 Å². The number of fused-ring (bicyclic) bond motifs is 2. The van der Waals surface area contributed by atoms with Crippen molar-refractivity contribution in [1.82, 2.24) is 4.90 Å². The lowest BCUT2D eigenvalue weighted by molar-refractivity contribution is -0.00533. The topological polar surface area (TPSA) is 23.5 Å². The molecule has 0 aromatic heterocycles. The van der Waals surface area contributed by atoms with Crippen LogP contribution in [0.1, 0.15) is 65.9 Å². The van der Waals surface area contributed by atoms with E-state index in [0.29, 0.717) is 23.3 Å². The molecule has 1 saturated carbocycles. The Morgan fingerprint density at radius 1 is 1.15 bits per heavy atom. The van der Waals surface area contributed by atoms with E-state index in [-0.39, 0.29) is 5.92 Å². The van der Waals surface area contributed by atoms with Crippen LogP contribution in [-0.2, 0) is 5.60 Å². The zero-order valence-corrected chi connectivity index (χ0v) is 17.2. The van der Waals surface area contributed by atoms with E-state index >= 15 is 0 Å². The van der Waals surface area contributed by atoms with E-state index in [9.17, 15) is 5.11 Å². The Bertz CT molecular complexity index is 683. The molecule has 2 bridgehead atoms. The summed E-state index contributed by atoms with van der Waals surface area (Å²) >= 11 is 0. The number of nitrogens with zero attached hydrogens (tertiary/aromatic N) is 1. The average molecular weight is 354 g/mol. The smallest absolute Gasteiger partial charge is 0.103 e. The molecule has 1 aliphatic heterocycles. The Morgan fingerprint density at radius 2 is 1.85 bits per heavy atom. The van der Waals surface area contributed by atoms with E-state index in [4.69, 9.17) is 0 Å². The Balaban J connectivity index is 1.65. The van der Waals surface area contributed by atoms with E-state index in [1.165, 1.54) is 25.8 Å². The Kier molecular flexibility index (Phi) is 5.26. The molecule has 1 aromatic rings. The van der Waals surface area contributed by atoms with Gasteiger partial charge in [0.05, 0.1) is 6.54 Å². The third kappa shape index (κ3) is 4.00. The summed E-state index contributed by atoms with van der Waals surface area (Å²) in [6, 6.07) is 10.7. The van der Waals surface area contributed by atoms with Gasteiger partial charge in [-0.3, -0.25) is 4.90 Å². The zero-order valence-electron chi connectivity index (χ0n) is 17.2. The lowest BCUT2D eigenvalue weighted by Crippen LogP contribution is -2.35. The van der Waals surface area contributed by atoms with Gasteiger partial charge in [0.1, 0.15) is 5.60 Å². The monoisotopic (exact) mass is 353 g/mol. The molecular weight excluding hydrogens is 318 g/mol. The van der Waals surface area contributed by atoms with Crippen LogP contribution < -0.4 is 0 Å². The summed E-state index contributed by atoms with van der Waals surface area (Å²) < 4.78 is 0. The van der Waals surface area contributed by atoms with Crippen LogP contribution >= 0.6 is 0 Å². The van der Waals surface area contributed by atoms with Crippen molar-refractivity contribution in [2.24, 2.45) is 16.7 Å². The SMILES string of the molecule is CC(C)[C@](O)(CC#CCN1C[C@@]2(C)C[C@H]1CC(C)(C)C2)c1ccccc1. The molecule has 0 spiro atoms. The molecular formula is C24H35NO. The van der Waals surface area contributed by atoms with Crippen molar-refractivity contribution in [2.75, 3.05) is 13.1 Å². The molecule has 2 nitrogen and oxygen atoms in total. The van der Waals surface area contributed by atoms with Crippen LogP contribution in [0.5, 0.6) is 0 Å². The molecule has 1 aromatic carbocycles. The highest BCUT2D eigenvalue weighted by Crippen LogP contribution is 2.52. The van der Waals surface area contributed by atoms with Crippen molar-refractivity contribution >= 4 is 0 Å². The van der Waals surface area contributed by atoms with Crippen molar-refractivity contribution in [2.45, 2.75) is 71.9 Å². The minimum atomic E-state index is -0.872. The molecule has 3 atom stereocenters. The van der Waals surface area contributed by atoms with Crippen molar-refractivity contribution in [1.29, 1.82) is 0 Å². The van der Waals surface area contributed by atoms with Gasteiger partial charge in [-0.2, -0.15) is 0 Å². The zero-order chi connectivity index (χ0) is 19.0. The molecule has 2 aliphatic rings. The third-order valence-corrected chi connectivity index (χ3v) is 6.52. The summed E-state index contributed by atoms with van der Waals surface area (Å²) in [6.07, 6.45) is 4.42. The molecule has 2 fully saturated rings. The van der Waals surface area contributed by atoms with Gasteiger partial charge in [-0.1, -0.05) is 76.8 Å². The van der Waals surface area contributed by atoms with E-state index in [1.54, 1.807) is 0 Å². The fraction of sp³-hybridized carbons (Fsp3) is 0.667. The fourth-order valence-corrected chi connectivity index (χ4v) is 5.48. The average Bonchev–Trinajstić information content (AvgIpc) is 2.80. The molecule has 0 radical (unpaired) electrons. The third-order valence-electron chi connectivity index (χ3n) is 6.52. The van der Waals surface area contributed by atoms with E-state index in [2.05, 4.69) is 51.4 Å². The van der Waals surface area contributed by atoms with Crippen molar-refractivity contribution < 1.29 is 5.11 Å². The highest BCUT2D eigenvalue weighted by atomic mass is 16.3. The summed E-state index contributed by atoms with van der Waals surface area (Å²) in [4.78, 5) is 2.58. The lowest BCUT2D eigenvalue weighted by Gasteiger charge is -2.39. The van der Waals surface area contributed by atoms with Crippen LogP contribution in [0.3, 0.4) is 0 Å². The van der Waals surface area contributed by atoms with Crippen molar-refractivity contribution in [3.63, 3.8) is 0 Å². The van der Waals surface area contributed by atoms with Gasteiger partial charge in [-0.15, -0.1) is 0 Å². The Hall–Kier alpha value is -1.30. The summed E-state index contributed by atoms with van der Waals surface area (Å²) in [5, 5.41) is 11.2. The summed E-state index contributed by atoms with van der Waals surface area (Å²) in [6.45, 7) is 13.4. The van der Waals surface area contributed by atoms with E-state index in [1.807, 2.05) is 30.3 Å². The number of rotatable bonds is 4. The van der Waals surface area contributed by atoms with Gasteiger partial charge in [0.2, 0.25) is 0 Å². The maximum atomic E-state index is 11.2. The molecule has 0 unspecified atom stereocenters. The van der Waals surface area contributed by atoms with Crippen LogP contribution in [-0.4, -0.2) is 29.1 Å². The Morgan fingerprint density at radius 3 is 2.50 bits per heavy atom. The normalized spacial score (nSPS) is 29.9. The summed E-state index contributed by atoms with van der Waals surface area (Å²) in [5.41, 5.74) is 1.00. The van der Waals surface area contributed by atoms with Gasteiger partial charge < -0.3 is 5.11 Å². The second-order valence-electron chi connectivity index (χ2n) is 10.1. The highest BCUT2D eigenvalue weighted by Gasteiger charge is 2.49. The van der Waals surface area contributed by atoms with E-state index < -0.39 is 5.60 Å². The van der Waals surface area contributed by atoms with Crippen molar-refractivity contribution in [3.05, 3.63) is 35.9 Å². The molecule has 0 amide bonds. The Labute approximate surface area is 160 Å². The maximum absolute atomic E-state index is 11.2. The molecule has 3 rings (SSSR count). The van der Waals surface area contributed by atoms with Gasteiger partial charge in [0.25, 0.3) is 0 Å². The second kappa shape index (κ2) is 7.02. The molecule has 2 heteroatoms. The molecule has 26 heavy (non-hydrogen) atoms. The summed E-state index contributed by atoms with van der Waals surface area (Å²) in [5.74, 6) is 6.81. The van der Waals surface area contributed by atoms with Crippen LogP contribution in [0, 0.1) is 28.6 Å². The quantitative estimate of drug-likeness (QED) is 0.784. The van der Waals surface area contributed by atoms with Gasteiger partial charge in [0, 0.05) is 19.0 Å². The van der Waals surface area contributed by atoms with Crippen LogP contribution in [0.2, 0.25) is 0 Å². The maximum Gasteiger partial charge on any atom is 0.103 e. The lowest BCUT2D eigenvalue weighted by atomic mass is 9.65. The highest BCUT2D eigenvalue weighted by molar-refractivity contribution is 5.25. The molecule has 1 aliphatic carbocycles. The van der Waals surface area contributed by atoms with Crippen molar-refractivity contribution in [3.8, 4) is 11.8 Å². The largest absolute Gasteiger partial charge is 0.384 e. The predicted molar refractivity (Wildman–Crippen MR) is 109 cm³/mol.